The Balaban J connectivity index is 1.57. The molecule has 0 radical (unpaired) electrons. The topological polar surface area (TPSA) is 41.1 Å². The van der Waals surface area contributed by atoms with Crippen molar-refractivity contribution in [3.8, 4) is 0 Å². The van der Waals surface area contributed by atoms with Crippen LogP contribution < -0.4 is 10.6 Å². The number of carbonyl (C=O) groups is 1. The maximum atomic E-state index is 11.2. The predicted molar refractivity (Wildman–Crippen MR) is 51.4 cm³/mol. The van der Waals surface area contributed by atoms with E-state index < -0.39 is 0 Å². The number of nitrogens with one attached hydrogen (secondary N) is 2. The summed E-state index contributed by atoms with van der Waals surface area (Å²) in [5.41, 5.74) is 0. The molecule has 2 N–H and O–H groups in total. The molecule has 0 aromatic carbocycles. The van der Waals surface area contributed by atoms with E-state index in [1.54, 1.807) is 0 Å². The normalized spacial score (nSPS) is 23.8. The average Bonchev–Trinajstić information content (AvgIpc) is 2.90. The predicted octanol–water partition coefficient (Wildman–Crippen LogP) is 1.49. The van der Waals surface area contributed by atoms with Gasteiger partial charge < -0.3 is 10.6 Å². The van der Waals surface area contributed by atoms with Crippen LogP contribution in [0.25, 0.3) is 0 Å². The second kappa shape index (κ2) is 3.56. The van der Waals surface area contributed by atoms with Crippen molar-refractivity contribution in [3.05, 3.63) is 0 Å². The van der Waals surface area contributed by atoms with Gasteiger partial charge in [-0.2, -0.15) is 0 Å². The molecule has 0 aliphatic heterocycles. The van der Waals surface area contributed by atoms with E-state index in [1.807, 2.05) is 0 Å². The number of rotatable bonds is 4. The fourth-order valence-electron chi connectivity index (χ4n) is 1.55. The van der Waals surface area contributed by atoms with Gasteiger partial charge in [0.1, 0.15) is 0 Å². The lowest BCUT2D eigenvalue weighted by Crippen LogP contribution is -2.39. The van der Waals surface area contributed by atoms with Crippen molar-refractivity contribution in [2.24, 2.45) is 11.8 Å². The molecule has 74 valence electrons. The van der Waals surface area contributed by atoms with Crippen LogP contribution in [0.2, 0.25) is 0 Å². The summed E-state index contributed by atoms with van der Waals surface area (Å²) in [5.74, 6) is 1.53. The van der Waals surface area contributed by atoms with Crippen LogP contribution >= 0.6 is 0 Å². The number of amides is 2. The fourth-order valence-corrected chi connectivity index (χ4v) is 1.55. The molecule has 1 unspecified atom stereocenters. The van der Waals surface area contributed by atoms with E-state index >= 15 is 0 Å². The first-order valence-corrected chi connectivity index (χ1v) is 5.30. The Hall–Kier alpha value is -0.730. The first kappa shape index (κ1) is 8.85. The van der Waals surface area contributed by atoms with Gasteiger partial charge in [0.25, 0.3) is 0 Å². The molecular weight excluding hydrogens is 164 g/mol. The molecule has 2 rings (SSSR count). The molecule has 0 spiro atoms. The van der Waals surface area contributed by atoms with Gasteiger partial charge in [0.05, 0.1) is 0 Å². The van der Waals surface area contributed by atoms with Crippen LogP contribution in [0.1, 0.15) is 32.6 Å². The minimum atomic E-state index is 0.0231. The molecule has 2 saturated carbocycles. The quantitative estimate of drug-likeness (QED) is 0.679. The standard InChI is InChI=1S/C10H18N2O/c1-7(8-2-3-8)6-11-10(13)12-9-4-5-9/h7-9H,2-6H2,1H3,(H2,11,12,13). The second-order valence-corrected chi connectivity index (χ2v) is 4.44. The third-order valence-electron chi connectivity index (χ3n) is 2.92. The Morgan fingerprint density at radius 3 is 2.62 bits per heavy atom. The minimum Gasteiger partial charge on any atom is -0.338 e. The van der Waals surface area contributed by atoms with E-state index in [2.05, 4.69) is 17.6 Å². The molecule has 13 heavy (non-hydrogen) atoms. The largest absolute Gasteiger partial charge is 0.338 e. The van der Waals surface area contributed by atoms with Crippen molar-refractivity contribution in [3.63, 3.8) is 0 Å². The lowest BCUT2D eigenvalue weighted by molar-refractivity contribution is 0.238. The van der Waals surface area contributed by atoms with E-state index in [0.29, 0.717) is 12.0 Å². The summed E-state index contributed by atoms with van der Waals surface area (Å²) in [6.45, 7) is 3.05. The van der Waals surface area contributed by atoms with Crippen LogP contribution in [0.4, 0.5) is 4.79 Å². The highest BCUT2D eigenvalue weighted by Crippen LogP contribution is 2.36. The summed E-state index contributed by atoms with van der Waals surface area (Å²) in [6.07, 6.45) is 5.03. The van der Waals surface area contributed by atoms with Gasteiger partial charge in [-0.25, -0.2) is 4.79 Å². The van der Waals surface area contributed by atoms with Crippen molar-refractivity contribution in [2.45, 2.75) is 38.6 Å². The number of hydrogen-bond acceptors (Lipinski definition) is 1. The fraction of sp³-hybridized carbons (Fsp3) is 0.900. The van der Waals surface area contributed by atoms with Crippen LogP contribution in [-0.2, 0) is 0 Å². The van der Waals surface area contributed by atoms with E-state index in [9.17, 15) is 4.79 Å². The highest BCUT2D eigenvalue weighted by atomic mass is 16.2. The molecule has 2 aliphatic rings. The first-order chi connectivity index (χ1) is 6.25. The van der Waals surface area contributed by atoms with Crippen molar-refractivity contribution in [1.82, 2.24) is 10.6 Å². The summed E-state index contributed by atoms with van der Waals surface area (Å²) in [6, 6.07) is 0.492. The smallest absolute Gasteiger partial charge is 0.315 e. The average molecular weight is 182 g/mol. The van der Waals surface area contributed by atoms with Gasteiger partial charge in [-0.15, -0.1) is 0 Å². The van der Waals surface area contributed by atoms with Crippen LogP contribution in [0.3, 0.4) is 0 Å². The Bertz CT molecular complexity index is 197. The molecule has 3 nitrogen and oxygen atoms in total. The maximum Gasteiger partial charge on any atom is 0.315 e. The molecule has 1 atom stereocenters. The SMILES string of the molecule is CC(CNC(=O)NC1CC1)C1CC1. The Morgan fingerprint density at radius 2 is 2.08 bits per heavy atom. The lowest BCUT2D eigenvalue weighted by Gasteiger charge is -2.11. The third-order valence-corrected chi connectivity index (χ3v) is 2.92. The van der Waals surface area contributed by atoms with Gasteiger partial charge in [-0.3, -0.25) is 0 Å². The van der Waals surface area contributed by atoms with Gasteiger partial charge in [-0.1, -0.05) is 6.92 Å². The van der Waals surface area contributed by atoms with E-state index in [4.69, 9.17) is 0 Å². The summed E-state index contributed by atoms with van der Waals surface area (Å²) >= 11 is 0. The molecule has 0 aromatic rings. The van der Waals surface area contributed by atoms with Gasteiger partial charge in [0.2, 0.25) is 0 Å². The third kappa shape index (κ3) is 2.90. The minimum absolute atomic E-state index is 0.0231. The van der Waals surface area contributed by atoms with Gasteiger partial charge in [0.15, 0.2) is 0 Å². The van der Waals surface area contributed by atoms with E-state index in [0.717, 1.165) is 25.3 Å². The van der Waals surface area contributed by atoms with Crippen molar-refractivity contribution in [1.29, 1.82) is 0 Å². The number of carbonyl (C=O) groups excluding carboxylic acids is 1. The zero-order chi connectivity index (χ0) is 9.26. The summed E-state index contributed by atoms with van der Waals surface area (Å²) in [5, 5.41) is 5.84. The Kier molecular flexibility index (Phi) is 2.42. The van der Waals surface area contributed by atoms with Gasteiger partial charge in [-0.05, 0) is 37.5 Å². The van der Waals surface area contributed by atoms with Gasteiger partial charge in [0, 0.05) is 12.6 Å². The highest BCUT2D eigenvalue weighted by Gasteiger charge is 2.28. The first-order valence-electron chi connectivity index (χ1n) is 5.30. The van der Waals surface area contributed by atoms with Crippen LogP contribution in [-0.4, -0.2) is 18.6 Å². The van der Waals surface area contributed by atoms with Crippen LogP contribution in [0.5, 0.6) is 0 Å². The number of urea groups is 1. The van der Waals surface area contributed by atoms with E-state index in [-0.39, 0.29) is 6.03 Å². The summed E-state index contributed by atoms with van der Waals surface area (Å²) < 4.78 is 0. The molecule has 0 heterocycles. The van der Waals surface area contributed by atoms with Gasteiger partial charge >= 0.3 is 6.03 Å². The van der Waals surface area contributed by atoms with E-state index in [1.165, 1.54) is 12.8 Å². The molecule has 0 bridgehead atoms. The molecule has 0 saturated heterocycles. The van der Waals surface area contributed by atoms with Crippen LogP contribution in [0.15, 0.2) is 0 Å². The second-order valence-electron chi connectivity index (χ2n) is 4.44. The lowest BCUT2D eigenvalue weighted by atomic mass is 10.1. The van der Waals surface area contributed by atoms with Crippen molar-refractivity contribution < 1.29 is 4.79 Å². The molecule has 3 heteroatoms. The Labute approximate surface area is 79.3 Å². The highest BCUT2D eigenvalue weighted by molar-refractivity contribution is 5.74. The zero-order valence-electron chi connectivity index (χ0n) is 8.18. The monoisotopic (exact) mass is 182 g/mol. The van der Waals surface area contributed by atoms with Crippen LogP contribution in [0, 0.1) is 11.8 Å². The molecule has 2 aliphatic carbocycles. The molecule has 0 aromatic heterocycles. The molecule has 2 amide bonds. The van der Waals surface area contributed by atoms with Crippen molar-refractivity contribution in [2.75, 3.05) is 6.54 Å². The van der Waals surface area contributed by atoms with Crippen molar-refractivity contribution >= 4 is 6.03 Å². The Morgan fingerprint density at radius 1 is 1.38 bits per heavy atom. The molecular formula is C10H18N2O. The molecule has 2 fully saturated rings. The zero-order valence-corrected chi connectivity index (χ0v) is 8.18. The number of hydrogen-bond donors (Lipinski definition) is 2. The summed E-state index contributed by atoms with van der Waals surface area (Å²) in [4.78, 5) is 11.2. The summed E-state index contributed by atoms with van der Waals surface area (Å²) in [7, 11) is 0. The maximum absolute atomic E-state index is 11.2.